The number of hydrogen-bond donors (Lipinski definition) is 1. The number of nitrogens with one attached hydrogen (secondary N) is 1. The van der Waals surface area contributed by atoms with E-state index in [4.69, 9.17) is 21.7 Å². The molecule has 0 aliphatic rings. The first kappa shape index (κ1) is 18.3. The van der Waals surface area contributed by atoms with Crippen molar-refractivity contribution in [2.24, 2.45) is 5.10 Å². The van der Waals surface area contributed by atoms with Crippen LogP contribution in [0.2, 0.25) is 0 Å². The number of halogens is 1. The first-order valence-electron chi connectivity index (χ1n) is 7.91. The van der Waals surface area contributed by atoms with Gasteiger partial charge in [0.1, 0.15) is 11.5 Å². The molecule has 3 aromatic rings. The van der Waals surface area contributed by atoms with E-state index in [1.54, 1.807) is 18.0 Å². The van der Waals surface area contributed by atoms with Gasteiger partial charge < -0.3 is 9.47 Å². The molecule has 0 spiro atoms. The third-order valence-electron chi connectivity index (χ3n) is 3.55. The molecule has 26 heavy (non-hydrogen) atoms. The van der Waals surface area contributed by atoms with Crippen molar-refractivity contribution >= 4 is 34.4 Å². The van der Waals surface area contributed by atoms with Gasteiger partial charge in [0.05, 0.1) is 24.4 Å². The van der Waals surface area contributed by atoms with Gasteiger partial charge in [-0.25, -0.2) is 5.10 Å². The number of rotatable bonds is 6. The molecule has 0 radical (unpaired) electrons. The van der Waals surface area contributed by atoms with E-state index in [1.165, 1.54) is 0 Å². The molecule has 1 heterocycles. The Morgan fingerprint density at radius 2 is 2.15 bits per heavy atom. The smallest absolute Gasteiger partial charge is 0.216 e. The lowest BCUT2D eigenvalue weighted by Gasteiger charge is -2.06. The Hall–Kier alpha value is -2.45. The number of aromatic nitrogens is 3. The summed E-state index contributed by atoms with van der Waals surface area (Å²) in [5, 5.41) is 11.6. The van der Waals surface area contributed by atoms with E-state index in [2.05, 4.69) is 31.2 Å². The number of benzene rings is 2. The Morgan fingerprint density at radius 1 is 1.31 bits per heavy atom. The van der Waals surface area contributed by atoms with Gasteiger partial charge in [-0.15, -0.1) is 0 Å². The molecule has 0 atom stereocenters. The fourth-order valence-corrected chi connectivity index (χ4v) is 3.10. The van der Waals surface area contributed by atoms with Gasteiger partial charge in [-0.3, -0.25) is 0 Å². The van der Waals surface area contributed by atoms with Crippen molar-refractivity contribution < 1.29 is 9.47 Å². The third-order valence-corrected chi connectivity index (χ3v) is 4.44. The molecule has 2 aromatic carbocycles. The van der Waals surface area contributed by atoms with Crippen molar-refractivity contribution in [2.75, 3.05) is 13.7 Å². The third kappa shape index (κ3) is 4.03. The Labute approximate surface area is 164 Å². The van der Waals surface area contributed by atoms with Crippen molar-refractivity contribution in [3.05, 3.63) is 57.3 Å². The predicted molar refractivity (Wildman–Crippen MR) is 108 cm³/mol. The lowest BCUT2D eigenvalue weighted by molar-refractivity contribution is 0.340. The van der Waals surface area contributed by atoms with Gasteiger partial charge in [-0.05, 0) is 71.0 Å². The van der Waals surface area contributed by atoms with E-state index in [-0.39, 0.29) is 0 Å². The number of methoxy groups -OCH3 is 1. The van der Waals surface area contributed by atoms with Crippen LogP contribution in [-0.4, -0.2) is 34.8 Å². The molecule has 0 fully saturated rings. The highest BCUT2D eigenvalue weighted by molar-refractivity contribution is 9.10. The van der Waals surface area contributed by atoms with Gasteiger partial charge >= 0.3 is 0 Å². The van der Waals surface area contributed by atoms with Crippen LogP contribution in [0.5, 0.6) is 11.5 Å². The summed E-state index contributed by atoms with van der Waals surface area (Å²) in [6.07, 6.45) is 1.71. The molecule has 1 aromatic heterocycles. The monoisotopic (exact) mass is 432 g/mol. The van der Waals surface area contributed by atoms with Crippen molar-refractivity contribution in [2.45, 2.75) is 6.92 Å². The van der Waals surface area contributed by atoms with Crippen molar-refractivity contribution in [3.63, 3.8) is 0 Å². The number of aromatic amines is 1. The first-order valence-corrected chi connectivity index (χ1v) is 9.11. The summed E-state index contributed by atoms with van der Waals surface area (Å²) in [4.78, 5) is 0. The summed E-state index contributed by atoms with van der Waals surface area (Å²) in [6, 6.07) is 13.3. The highest BCUT2D eigenvalue weighted by atomic mass is 79.9. The molecule has 0 aliphatic heterocycles. The maximum absolute atomic E-state index is 5.55. The van der Waals surface area contributed by atoms with Gasteiger partial charge in [-0.2, -0.15) is 14.9 Å². The summed E-state index contributed by atoms with van der Waals surface area (Å²) >= 11 is 8.78. The Balaban J connectivity index is 1.94. The van der Waals surface area contributed by atoms with Gasteiger partial charge in [0.25, 0.3) is 0 Å². The molecule has 0 amide bonds. The molecule has 0 saturated carbocycles. The summed E-state index contributed by atoms with van der Waals surface area (Å²) < 4.78 is 13.6. The predicted octanol–water partition coefficient (Wildman–Crippen LogP) is 4.66. The maximum Gasteiger partial charge on any atom is 0.216 e. The molecule has 1 N–H and O–H groups in total. The second-order valence-electron chi connectivity index (χ2n) is 5.26. The summed E-state index contributed by atoms with van der Waals surface area (Å²) in [5.41, 5.74) is 1.76. The zero-order chi connectivity index (χ0) is 18.5. The average Bonchev–Trinajstić information content (AvgIpc) is 3.01. The minimum absolute atomic E-state index is 0.408. The summed E-state index contributed by atoms with van der Waals surface area (Å²) in [7, 11) is 1.63. The average molecular weight is 433 g/mol. The molecule has 0 unspecified atom stereocenters. The van der Waals surface area contributed by atoms with Crippen molar-refractivity contribution in [1.82, 2.24) is 14.9 Å². The number of ether oxygens (including phenoxy) is 2. The minimum Gasteiger partial charge on any atom is -0.496 e. The minimum atomic E-state index is 0.408. The van der Waals surface area contributed by atoms with Crippen LogP contribution in [0.4, 0.5) is 0 Å². The largest absolute Gasteiger partial charge is 0.496 e. The molecule has 8 heteroatoms. The van der Waals surface area contributed by atoms with E-state index < -0.39 is 0 Å². The second kappa shape index (κ2) is 8.29. The molecule has 0 aliphatic carbocycles. The molecule has 134 valence electrons. The highest BCUT2D eigenvalue weighted by Gasteiger charge is 2.09. The number of nitrogens with zero attached hydrogens (tertiary/aromatic N) is 3. The van der Waals surface area contributed by atoms with Gasteiger partial charge in [0, 0.05) is 5.56 Å². The SMILES string of the molecule is CCOc1cccc(-c2n[nH]c(=S)n2/N=C\c2ccc(OC)c(Br)c2)c1. The van der Waals surface area contributed by atoms with Crippen LogP contribution in [0.1, 0.15) is 12.5 Å². The van der Waals surface area contributed by atoms with Crippen LogP contribution in [0.3, 0.4) is 0 Å². The molecule has 6 nitrogen and oxygen atoms in total. The zero-order valence-electron chi connectivity index (χ0n) is 14.3. The van der Waals surface area contributed by atoms with Crippen molar-refractivity contribution in [3.8, 4) is 22.9 Å². The lowest BCUT2D eigenvalue weighted by Crippen LogP contribution is -1.96. The zero-order valence-corrected chi connectivity index (χ0v) is 16.7. The van der Waals surface area contributed by atoms with Crippen LogP contribution >= 0.6 is 28.1 Å². The molecular weight excluding hydrogens is 416 g/mol. The van der Waals surface area contributed by atoms with Crippen LogP contribution < -0.4 is 9.47 Å². The van der Waals surface area contributed by atoms with Crippen LogP contribution in [0, 0.1) is 4.77 Å². The molecule has 0 bridgehead atoms. The Morgan fingerprint density at radius 3 is 2.88 bits per heavy atom. The quantitative estimate of drug-likeness (QED) is 0.454. The fourth-order valence-electron chi connectivity index (χ4n) is 2.36. The topological polar surface area (TPSA) is 64.4 Å². The van der Waals surface area contributed by atoms with Crippen LogP contribution in [0.25, 0.3) is 11.4 Å². The van der Waals surface area contributed by atoms with Gasteiger partial charge in [-0.1, -0.05) is 12.1 Å². The van der Waals surface area contributed by atoms with Crippen molar-refractivity contribution in [1.29, 1.82) is 0 Å². The number of H-pyrrole nitrogens is 1. The standard InChI is InChI=1S/C18H17BrN4O2S/c1-3-25-14-6-4-5-13(10-14)17-21-22-18(26)23(17)20-11-12-7-8-16(24-2)15(19)9-12/h4-11H,3H2,1-2H3,(H,22,26)/b20-11-. The molecular formula is C18H17BrN4O2S. The van der Waals surface area contributed by atoms with E-state index in [0.717, 1.165) is 27.1 Å². The molecule has 0 saturated heterocycles. The van der Waals surface area contributed by atoms with Gasteiger partial charge in [0.2, 0.25) is 4.77 Å². The lowest BCUT2D eigenvalue weighted by atomic mass is 10.2. The Bertz CT molecular complexity index is 997. The van der Waals surface area contributed by atoms with Gasteiger partial charge in [0.15, 0.2) is 5.82 Å². The highest BCUT2D eigenvalue weighted by Crippen LogP contribution is 2.25. The maximum atomic E-state index is 5.55. The normalized spacial score (nSPS) is 11.0. The molecule has 3 rings (SSSR count). The van der Waals surface area contributed by atoms with E-state index in [1.807, 2.05) is 49.4 Å². The van der Waals surface area contributed by atoms with Crippen LogP contribution in [0.15, 0.2) is 52.0 Å². The summed E-state index contributed by atoms with van der Waals surface area (Å²) in [5.74, 6) is 2.14. The second-order valence-corrected chi connectivity index (χ2v) is 6.50. The van der Waals surface area contributed by atoms with E-state index in [0.29, 0.717) is 17.2 Å². The summed E-state index contributed by atoms with van der Waals surface area (Å²) in [6.45, 7) is 2.54. The van der Waals surface area contributed by atoms with E-state index in [9.17, 15) is 0 Å². The van der Waals surface area contributed by atoms with E-state index >= 15 is 0 Å². The number of hydrogen-bond acceptors (Lipinski definition) is 5. The first-order chi connectivity index (χ1) is 12.6. The van der Waals surface area contributed by atoms with Crippen LogP contribution in [-0.2, 0) is 0 Å². The Kier molecular flexibility index (Phi) is 5.85. The fraction of sp³-hybridized carbons (Fsp3) is 0.167.